The Labute approximate surface area is 178 Å². The molecule has 0 spiro atoms. The second kappa shape index (κ2) is 6.30. The molecule has 5 heteroatoms. The summed E-state index contributed by atoms with van der Waals surface area (Å²) in [4.78, 5) is 15.9. The molecule has 0 amide bonds. The van der Waals surface area contributed by atoms with Crippen molar-refractivity contribution in [2.45, 2.75) is 18.9 Å². The summed E-state index contributed by atoms with van der Waals surface area (Å²) in [7, 11) is 3.73. The predicted octanol–water partition coefficient (Wildman–Crippen LogP) is 4.88. The van der Waals surface area contributed by atoms with Crippen molar-refractivity contribution in [2.24, 2.45) is 0 Å². The molecule has 3 aromatic carbocycles. The molecule has 1 aliphatic heterocycles. The topological polar surface area (TPSA) is 49.8 Å². The maximum absolute atomic E-state index is 13.5. The highest BCUT2D eigenvalue weighted by molar-refractivity contribution is 7.24. The van der Waals surface area contributed by atoms with Crippen molar-refractivity contribution < 1.29 is 9.84 Å². The number of likely N-dealkylation sites (N-methyl/N-ethyl adjacent to an activating group) is 1. The van der Waals surface area contributed by atoms with Gasteiger partial charge in [0.2, 0.25) is 0 Å². The summed E-state index contributed by atoms with van der Waals surface area (Å²) in [5.41, 5.74) is 5.50. The normalized spacial score (nSPS) is 17.7. The van der Waals surface area contributed by atoms with Crippen LogP contribution in [0, 0.1) is 0 Å². The van der Waals surface area contributed by atoms with Gasteiger partial charge in [0.15, 0.2) is 16.9 Å². The van der Waals surface area contributed by atoms with E-state index >= 15 is 0 Å². The van der Waals surface area contributed by atoms with Crippen molar-refractivity contribution in [3.63, 3.8) is 0 Å². The van der Waals surface area contributed by atoms with Gasteiger partial charge in [0.25, 0.3) is 0 Å². The summed E-state index contributed by atoms with van der Waals surface area (Å²) in [5, 5.41) is 12.7. The highest BCUT2D eigenvalue weighted by atomic mass is 32.1. The molecule has 6 rings (SSSR count). The first-order chi connectivity index (χ1) is 14.6. The van der Waals surface area contributed by atoms with Crippen LogP contribution in [0.2, 0.25) is 0 Å². The number of phenols is 1. The van der Waals surface area contributed by atoms with Crippen LogP contribution in [-0.2, 0) is 12.8 Å². The second-order valence-electron chi connectivity index (χ2n) is 8.22. The molecule has 0 fully saturated rings. The summed E-state index contributed by atoms with van der Waals surface area (Å²) < 4.78 is 7.39. The minimum absolute atomic E-state index is 0.126. The van der Waals surface area contributed by atoms with E-state index in [0.29, 0.717) is 5.75 Å². The van der Waals surface area contributed by atoms with Crippen LogP contribution in [0.15, 0.2) is 47.3 Å². The zero-order valence-electron chi connectivity index (χ0n) is 16.9. The van der Waals surface area contributed by atoms with Gasteiger partial charge in [0.05, 0.1) is 7.11 Å². The fourth-order valence-electron chi connectivity index (χ4n) is 5.28. The maximum Gasteiger partial charge on any atom is 0.196 e. The number of hydrogen-bond acceptors (Lipinski definition) is 5. The largest absolute Gasteiger partial charge is 0.504 e. The third kappa shape index (κ3) is 2.27. The van der Waals surface area contributed by atoms with Gasteiger partial charge in [0.1, 0.15) is 0 Å². The molecule has 0 radical (unpaired) electrons. The molecule has 1 aromatic heterocycles. The molecule has 1 N–H and O–H groups in total. The van der Waals surface area contributed by atoms with Gasteiger partial charge in [-0.3, -0.25) is 9.69 Å². The molecule has 4 aromatic rings. The lowest BCUT2D eigenvalue weighted by molar-refractivity contribution is 0.228. The van der Waals surface area contributed by atoms with Crippen LogP contribution in [0.4, 0.5) is 0 Å². The minimum atomic E-state index is 0.126. The summed E-state index contributed by atoms with van der Waals surface area (Å²) in [6.07, 6.45) is 1.66. The van der Waals surface area contributed by atoms with E-state index in [0.717, 1.165) is 61.8 Å². The molecule has 1 atom stereocenters. The van der Waals surface area contributed by atoms with Crippen molar-refractivity contribution in [2.75, 3.05) is 20.7 Å². The van der Waals surface area contributed by atoms with Gasteiger partial charge in [-0.15, -0.1) is 11.3 Å². The highest BCUT2D eigenvalue weighted by Gasteiger charge is 2.36. The Balaban J connectivity index is 1.80. The van der Waals surface area contributed by atoms with E-state index < -0.39 is 0 Å². The van der Waals surface area contributed by atoms with Gasteiger partial charge in [-0.05, 0) is 66.4 Å². The van der Waals surface area contributed by atoms with Crippen LogP contribution in [0.5, 0.6) is 11.5 Å². The standard InChI is InChI=1S/C25H21NO3S/c1-26-10-9-15-22-16(21-13(11-17(22)26)7-8-18(29-2)25(21)28)12-20-23(15)24(27)14-5-3-4-6-19(14)30-20/h3-8,12,17,28H,9-11H2,1-2H3/t17-/m1/s1. The summed E-state index contributed by atoms with van der Waals surface area (Å²) in [6.45, 7) is 0.921. The zero-order valence-corrected chi connectivity index (χ0v) is 17.7. The fraction of sp³-hybridized carbons (Fsp3) is 0.240. The highest BCUT2D eigenvalue weighted by Crippen LogP contribution is 2.52. The van der Waals surface area contributed by atoms with Crippen molar-refractivity contribution in [3.05, 3.63) is 69.4 Å². The molecule has 0 bridgehead atoms. The van der Waals surface area contributed by atoms with Gasteiger partial charge in [-0.1, -0.05) is 18.2 Å². The molecule has 1 aliphatic carbocycles. The molecule has 0 saturated heterocycles. The first-order valence-electron chi connectivity index (χ1n) is 10.2. The lowest BCUT2D eigenvalue weighted by atomic mass is 9.76. The number of rotatable bonds is 1. The van der Waals surface area contributed by atoms with Gasteiger partial charge in [-0.2, -0.15) is 0 Å². The van der Waals surface area contributed by atoms with Crippen LogP contribution in [-0.4, -0.2) is 30.7 Å². The Morgan fingerprint density at radius 2 is 2.00 bits per heavy atom. The Morgan fingerprint density at radius 3 is 2.83 bits per heavy atom. The van der Waals surface area contributed by atoms with Gasteiger partial charge in [-0.25, -0.2) is 0 Å². The van der Waals surface area contributed by atoms with Crippen LogP contribution < -0.4 is 10.2 Å². The predicted molar refractivity (Wildman–Crippen MR) is 122 cm³/mol. The minimum Gasteiger partial charge on any atom is -0.504 e. The lowest BCUT2D eigenvalue weighted by Crippen LogP contribution is -2.36. The van der Waals surface area contributed by atoms with Gasteiger partial charge in [0, 0.05) is 38.3 Å². The Kier molecular flexibility index (Phi) is 3.77. The Morgan fingerprint density at radius 1 is 1.17 bits per heavy atom. The first kappa shape index (κ1) is 17.9. The van der Waals surface area contributed by atoms with E-state index in [2.05, 4.69) is 24.1 Å². The molecular formula is C25H21NO3S. The van der Waals surface area contributed by atoms with Crippen LogP contribution in [0.3, 0.4) is 0 Å². The number of methoxy groups -OCH3 is 1. The molecule has 0 unspecified atom stereocenters. The smallest absolute Gasteiger partial charge is 0.196 e. The number of nitrogens with zero attached hydrogens (tertiary/aromatic N) is 1. The fourth-order valence-corrected chi connectivity index (χ4v) is 6.43. The van der Waals surface area contributed by atoms with Crippen molar-refractivity contribution in [1.82, 2.24) is 4.90 Å². The quantitative estimate of drug-likeness (QED) is 0.450. The van der Waals surface area contributed by atoms with Crippen LogP contribution in [0.1, 0.15) is 22.7 Å². The number of hydrogen-bond donors (Lipinski definition) is 1. The SMILES string of the molecule is COc1ccc2c(c1O)-c1cc3sc4ccccc4c(=O)c3c3c1[C@@H](C2)N(C)CC3. The molecule has 150 valence electrons. The van der Waals surface area contributed by atoms with Crippen LogP contribution >= 0.6 is 11.3 Å². The number of benzene rings is 3. The summed E-state index contributed by atoms with van der Waals surface area (Å²) >= 11 is 1.66. The van der Waals surface area contributed by atoms with Crippen LogP contribution in [0.25, 0.3) is 31.3 Å². The first-order valence-corrected chi connectivity index (χ1v) is 11.0. The average Bonchev–Trinajstić information content (AvgIpc) is 2.76. The van der Waals surface area contributed by atoms with Crippen molar-refractivity contribution in [3.8, 4) is 22.6 Å². The number of phenolic OH excluding ortho intramolecular Hbond substituents is 1. The van der Waals surface area contributed by atoms with E-state index in [1.807, 2.05) is 30.3 Å². The molecule has 2 heterocycles. The Bertz CT molecular complexity index is 1420. The zero-order chi connectivity index (χ0) is 20.6. The van der Waals surface area contributed by atoms with Gasteiger partial charge >= 0.3 is 0 Å². The maximum atomic E-state index is 13.5. The number of aromatic hydroxyl groups is 1. The molecule has 0 saturated carbocycles. The van der Waals surface area contributed by atoms with E-state index in [4.69, 9.17) is 4.74 Å². The third-order valence-corrected chi connectivity index (χ3v) is 7.84. The van der Waals surface area contributed by atoms with E-state index in [-0.39, 0.29) is 17.2 Å². The van der Waals surface area contributed by atoms with E-state index in [9.17, 15) is 9.90 Å². The second-order valence-corrected chi connectivity index (χ2v) is 9.30. The lowest BCUT2D eigenvalue weighted by Gasteiger charge is -2.40. The summed E-state index contributed by atoms with van der Waals surface area (Å²) in [6, 6.07) is 14.1. The molecule has 30 heavy (non-hydrogen) atoms. The number of fused-ring (bicyclic) bond motifs is 5. The summed E-state index contributed by atoms with van der Waals surface area (Å²) in [5.74, 6) is 0.674. The average molecular weight is 416 g/mol. The van der Waals surface area contributed by atoms with Gasteiger partial charge < -0.3 is 9.84 Å². The monoisotopic (exact) mass is 415 g/mol. The molecule has 4 nitrogen and oxygen atoms in total. The Hall–Kier alpha value is -2.89. The molecular weight excluding hydrogens is 394 g/mol. The number of ether oxygens (including phenoxy) is 1. The van der Waals surface area contributed by atoms with Crippen molar-refractivity contribution in [1.29, 1.82) is 0 Å². The third-order valence-electron chi connectivity index (χ3n) is 6.73. The van der Waals surface area contributed by atoms with Crippen molar-refractivity contribution >= 4 is 31.5 Å². The molecule has 2 aliphatic rings. The van der Waals surface area contributed by atoms with E-state index in [1.54, 1.807) is 18.4 Å². The van der Waals surface area contributed by atoms with E-state index in [1.165, 1.54) is 5.56 Å².